The number of hydrogen-bond donors (Lipinski definition) is 1. The van der Waals surface area contributed by atoms with Crippen molar-refractivity contribution in [1.29, 1.82) is 0 Å². The SMILES string of the molecule is Cc1cc(SCC(N)=O)nc(SCC(=O)OC2CCCCC2)n1. The highest BCUT2D eigenvalue weighted by Crippen LogP contribution is 2.23. The Kier molecular flexibility index (Phi) is 7.16. The molecule has 1 aromatic rings. The Morgan fingerprint density at radius 2 is 1.96 bits per heavy atom. The van der Waals surface area contributed by atoms with Gasteiger partial charge in [0, 0.05) is 5.69 Å². The monoisotopic (exact) mass is 355 g/mol. The van der Waals surface area contributed by atoms with Crippen molar-refractivity contribution < 1.29 is 14.3 Å². The van der Waals surface area contributed by atoms with Crippen molar-refractivity contribution in [1.82, 2.24) is 9.97 Å². The van der Waals surface area contributed by atoms with Crippen molar-refractivity contribution in [3.05, 3.63) is 11.8 Å². The number of ether oxygens (including phenoxy) is 1. The van der Waals surface area contributed by atoms with Crippen LogP contribution >= 0.6 is 23.5 Å². The van der Waals surface area contributed by atoms with Gasteiger partial charge in [-0.25, -0.2) is 9.97 Å². The number of carbonyl (C=O) groups is 2. The van der Waals surface area contributed by atoms with E-state index in [0.717, 1.165) is 31.4 Å². The van der Waals surface area contributed by atoms with E-state index in [-0.39, 0.29) is 23.6 Å². The van der Waals surface area contributed by atoms with Gasteiger partial charge < -0.3 is 10.5 Å². The Labute approximate surface area is 144 Å². The minimum atomic E-state index is -0.392. The molecule has 2 N–H and O–H groups in total. The molecule has 0 aliphatic heterocycles. The lowest BCUT2D eigenvalue weighted by molar-refractivity contribution is -0.147. The van der Waals surface area contributed by atoms with E-state index >= 15 is 0 Å². The standard InChI is InChI=1S/C15H21N3O3S2/c1-10-7-13(22-8-12(16)19)18-15(17-10)23-9-14(20)21-11-5-3-2-4-6-11/h7,11H,2-6,8-9H2,1H3,(H2,16,19). The third kappa shape index (κ3) is 6.78. The summed E-state index contributed by atoms with van der Waals surface area (Å²) in [6, 6.07) is 1.79. The number of thioether (sulfide) groups is 2. The minimum Gasteiger partial charge on any atom is -0.462 e. The molecule has 0 spiro atoms. The lowest BCUT2D eigenvalue weighted by Crippen LogP contribution is -2.22. The lowest BCUT2D eigenvalue weighted by atomic mass is 9.98. The number of carbonyl (C=O) groups excluding carboxylic acids is 2. The summed E-state index contributed by atoms with van der Waals surface area (Å²) in [5.74, 6) is -0.251. The number of aryl methyl sites for hydroxylation is 1. The molecule has 0 atom stereocenters. The second-order valence-electron chi connectivity index (χ2n) is 5.42. The summed E-state index contributed by atoms with van der Waals surface area (Å²) in [5.41, 5.74) is 5.92. The summed E-state index contributed by atoms with van der Waals surface area (Å²) in [5, 5.41) is 1.19. The predicted molar refractivity (Wildman–Crippen MR) is 90.4 cm³/mol. The van der Waals surface area contributed by atoms with Gasteiger partial charge in [-0.15, -0.1) is 0 Å². The van der Waals surface area contributed by atoms with Crippen molar-refractivity contribution in [3.8, 4) is 0 Å². The molecule has 1 aliphatic carbocycles. The lowest BCUT2D eigenvalue weighted by Gasteiger charge is -2.21. The van der Waals surface area contributed by atoms with E-state index in [4.69, 9.17) is 10.5 Å². The quantitative estimate of drug-likeness (QED) is 0.347. The smallest absolute Gasteiger partial charge is 0.316 e. The second-order valence-corrected chi connectivity index (χ2v) is 7.36. The molecule has 0 unspecified atom stereocenters. The Balaban J connectivity index is 1.84. The summed E-state index contributed by atoms with van der Waals surface area (Å²) in [6.07, 6.45) is 5.48. The van der Waals surface area contributed by atoms with Crippen molar-refractivity contribution in [3.63, 3.8) is 0 Å². The molecule has 0 aromatic carbocycles. The first-order chi connectivity index (χ1) is 11.0. The molecule has 0 saturated heterocycles. The Bertz CT molecular complexity index is 563. The normalized spacial score (nSPS) is 15.3. The van der Waals surface area contributed by atoms with E-state index in [1.165, 1.54) is 29.9 Å². The zero-order valence-corrected chi connectivity index (χ0v) is 14.8. The van der Waals surface area contributed by atoms with Crippen LogP contribution in [0.4, 0.5) is 0 Å². The maximum absolute atomic E-state index is 11.9. The van der Waals surface area contributed by atoms with Crippen molar-refractivity contribution >= 4 is 35.4 Å². The molecular weight excluding hydrogens is 334 g/mol. The predicted octanol–water partition coefficient (Wildman–Crippen LogP) is 2.33. The molecule has 1 saturated carbocycles. The Hall–Kier alpha value is -1.28. The summed E-state index contributed by atoms with van der Waals surface area (Å²) in [7, 11) is 0. The zero-order valence-electron chi connectivity index (χ0n) is 13.1. The molecule has 0 radical (unpaired) electrons. The van der Waals surface area contributed by atoms with Crippen LogP contribution in [0.15, 0.2) is 16.2 Å². The van der Waals surface area contributed by atoms with Crippen LogP contribution in [-0.4, -0.2) is 39.5 Å². The molecule has 2 rings (SSSR count). The largest absolute Gasteiger partial charge is 0.462 e. The van der Waals surface area contributed by atoms with Gasteiger partial charge in [-0.1, -0.05) is 29.9 Å². The molecule has 23 heavy (non-hydrogen) atoms. The first-order valence-corrected chi connectivity index (χ1v) is 9.59. The fraction of sp³-hybridized carbons (Fsp3) is 0.600. The van der Waals surface area contributed by atoms with Gasteiger partial charge in [0.05, 0.1) is 11.5 Å². The summed E-state index contributed by atoms with van der Waals surface area (Å²) >= 11 is 2.52. The molecule has 1 fully saturated rings. The Morgan fingerprint density at radius 3 is 2.65 bits per heavy atom. The zero-order chi connectivity index (χ0) is 16.7. The van der Waals surface area contributed by atoms with Crippen LogP contribution in [0.5, 0.6) is 0 Å². The fourth-order valence-corrected chi connectivity index (χ4v) is 3.76. The first kappa shape index (κ1) is 18.1. The van der Waals surface area contributed by atoms with Crippen LogP contribution in [-0.2, 0) is 14.3 Å². The Morgan fingerprint density at radius 1 is 1.22 bits per heavy atom. The van der Waals surface area contributed by atoms with Crippen molar-refractivity contribution in [2.45, 2.75) is 55.3 Å². The van der Waals surface area contributed by atoms with Crippen LogP contribution in [0.25, 0.3) is 0 Å². The van der Waals surface area contributed by atoms with Gasteiger partial charge in [0.25, 0.3) is 0 Å². The fourth-order valence-electron chi connectivity index (χ4n) is 2.32. The van der Waals surface area contributed by atoms with Gasteiger partial charge in [0.2, 0.25) is 5.91 Å². The third-order valence-corrected chi connectivity index (χ3v) is 5.10. The van der Waals surface area contributed by atoms with Crippen LogP contribution in [0.2, 0.25) is 0 Å². The van der Waals surface area contributed by atoms with Crippen LogP contribution in [0, 0.1) is 6.92 Å². The topological polar surface area (TPSA) is 95.2 Å². The average molecular weight is 355 g/mol. The molecule has 126 valence electrons. The van der Waals surface area contributed by atoms with E-state index in [0.29, 0.717) is 10.2 Å². The van der Waals surface area contributed by atoms with Crippen molar-refractivity contribution in [2.75, 3.05) is 11.5 Å². The highest BCUT2D eigenvalue weighted by molar-refractivity contribution is 8.00. The number of nitrogens with two attached hydrogens (primary N) is 1. The van der Waals surface area contributed by atoms with E-state index < -0.39 is 5.91 Å². The van der Waals surface area contributed by atoms with Gasteiger partial charge >= 0.3 is 5.97 Å². The summed E-state index contributed by atoms with van der Waals surface area (Å²) in [4.78, 5) is 31.4. The van der Waals surface area contributed by atoms with E-state index in [2.05, 4.69) is 9.97 Å². The number of nitrogens with zero attached hydrogens (tertiary/aromatic N) is 2. The molecule has 8 heteroatoms. The van der Waals surface area contributed by atoms with Gasteiger partial charge in [-0.3, -0.25) is 9.59 Å². The molecule has 6 nitrogen and oxygen atoms in total. The molecule has 0 bridgehead atoms. The van der Waals surface area contributed by atoms with Gasteiger partial charge in [-0.05, 0) is 38.7 Å². The highest BCUT2D eigenvalue weighted by atomic mass is 32.2. The maximum Gasteiger partial charge on any atom is 0.316 e. The molecule has 1 amide bonds. The average Bonchev–Trinajstić information content (AvgIpc) is 2.51. The minimum absolute atomic E-state index is 0.0666. The maximum atomic E-state index is 11.9. The third-order valence-electron chi connectivity index (χ3n) is 3.34. The number of hydrogen-bond acceptors (Lipinski definition) is 7. The van der Waals surface area contributed by atoms with Crippen LogP contribution < -0.4 is 5.73 Å². The number of amides is 1. The highest BCUT2D eigenvalue weighted by Gasteiger charge is 2.18. The van der Waals surface area contributed by atoms with Gasteiger partial charge in [0.1, 0.15) is 11.1 Å². The number of aromatic nitrogens is 2. The van der Waals surface area contributed by atoms with Crippen LogP contribution in [0.3, 0.4) is 0 Å². The molecule has 1 aliphatic rings. The van der Waals surface area contributed by atoms with Crippen molar-refractivity contribution in [2.24, 2.45) is 5.73 Å². The first-order valence-electron chi connectivity index (χ1n) is 7.62. The van der Waals surface area contributed by atoms with Gasteiger partial charge in [0.15, 0.2) is 5.16 Å². The molecular formula is C15H21N3O3S2. The van der Waals surface area contributed by atoms with E-state index in [1.807, 2.05) is 6.92 Å². The van der Waals surface area contributed by atoms with E-state index in [9.17, 15) is 9.59 Å². The molecule has 1 heterocycles. The number of rotatable bonds is 7. The molecule has 1 aromatic heterocycles. The summed E-state index contributed by atoms with van der Waals surface area (Å²) < 4.78 is 5.47. The summed E-state index contributed by atoms with van der Waals surface area (Å²) in [6.45, 7) is 1.85. The number of primary amides is 1. The number of esters is 1. The van der Waals surface area contributed by atoms with E-state index in [1.54, 1.807) is 6.07 Å². The van der Waals surface area contributed by atoms with Gasteiger partial charge in [-0.2, -0.15) is 0 Å². The van der Waals surface area contributed by atoms with Crippen LogP contribution in [0.1, 0.15) is 37.8 Å². The second kappa shape index (κ2) is 9.12.